The Hall–Kier alpha value is -4.69. The number of hydrogen-bond acceptors (Lipinski definition) is 8. The topological polar surface area (TPSA) is 122 Å². The van der Waals surface area contributed by atoms with Crippen molar-refractivity contribution in [2.75, 3.05) is 11.9 Å². The molecule has 1 aliphatic rings. The predicted molar refractivity (Wildman–Crippen MR) is 136 cm³/mol. The van der Waals surface area contributed by atoms with Crippen LogP contribution < -0.4 is 10.6 Å². The maximum absolute atomic E-state index is 14.0. The molecule has 5 heterocycles. The summed E-state index contributed by atoms with van der Waals surface area (Å²) in [5.74, 6) is 1.84. The Kier molecular flexibility index (Phi) is 5.58. The fourth-order valence-corrected chi connectivity index (χ4v) is 4.58. The van der Waals surface area contributed by atoms with E-state index >= 15 is 0 Å². The van der Waals surface area contributed by atoms with Crippen LogP contribution in [0.3, 0.4) is 0 Å². The number of fused-ring (bicyclic) bond motifs is 1. The second-order valence-corrected chi connectivity index (χ2v) is 9.07. The summed E-state index contributed by atoms with van der Waals surface area (Å²) in [5, 5.41) is 28.5. The number of imidazole rings is 1. The van der Waals surface area contributed by atoms with Crippen molar-refractivity contribution in [1.29, 1.82) is 5.26 Å². The number of nitriles is 1. The van der Waals surface area contributed by atoms with Crippen LogP contribution in [0.5, 0.6) is 0 Å². The number of anilines is 2. The molecule has 2 atom stereocenters. The molecule has 1 saturated heterocycles. The van der Waals surface area contributed by atoms with Crippen LogP contribution in [0, 0.1) is 25.2 Å². The van der Waals surface area contributed by atoms with Crippen LogP contribution in [-0.4, -0.2) is 47.2 Å². The zero-order valence-electron chi connectivity index (χ0n) is 20.2. The van der Waals surface area contributed by atoms with E-state index < -0.39 is 6.17 Å². The van der Waals surface area contributed by atoms with Crippen molar-refractivity contribution < 1.29 is 4.39 Å². The minimum absolute atomic E-state index is 0.196. The molecule has 184 valence electrons. The third-order valence-corrected chi connectivity index (χ3v) is 6.41. The summed E-state index contributed by atoms with van der Waals surface area (Å²) in [6.45, 7) is 4.05. The Morgan fingerprint density at radius 1 is 1.11 bits per heavy atom. The first-order valence-electron chi connectivity index (χ1n) is 11.9. The van der Waals surface area contributed by atoms with Crippen LogP contribution in [0.1, 0.15) is 35.1 Å². The summed E-state index contributed by atoms with van der Waals surface area (Å²) in [4.78, 5) is 9.51. The lowest BCUT2D eigenvalue weighted by atomic mass is 10.1. The van der Waals surface area contributed by atoms with Gasteiger partial charge in [0.05, 0.1) is 16.7 Å². The van der Waals surface area contributed by atoms with E-state index in [2.05, 4.69) is 37.0 Å². The summed E-state index contributed by atoms with van der Waals surface area (Å²) < 4.78 is 17.6. The van der Waals surface area contributed by atoms with Gasteiger partial charge in [-0.2, -0.15) is 15.5 Å². The number of aromatic nitrogens is 7. The highest BCUT2D eigenvalue weighted by Crippen LogP contribution is 2.31. The van der Waals surface area contributed by atoms with E-state index in [0.717, 1.165) is 33.7 Å². The normalized spacial score (nSPS) is 17.2. The van der Waals surface area contributed by atoms with Gasteiger partial charge in [0, 0.05) is 29.5 Å². The SMILES string of the molecule is Cc1ccc(Nc2ccc3c(c2)ncn3-c2ccc([C@@H]3C[C@@H](F)CN3)c(-n3nc(C#N)cc3C)n2)nn1. The Labute approximate surface area is 211 Å². The summed E-state index contributed by atoms with van der Waals surface area (Å²) in [7, 11) is 0. The van der Waals surface area contributed by atoms with E-state index in [9.17, 15) is 9.65 Å². The Morgan fingerprint density at radius 3 is 2.73 bits per heavy atom. The number of nitrogens with zero attached hydrogens (tertiary/aromatic N) is 8. The smallest absolute Gasteiger partial charge is 0.163 e. The highest BCUT2D eigenvalue weighted by molar-refractivity contribution is 5.82. The number of nitrogens with one attached hydrogen (secondary N) is 2. The lowest BCUT2D eigenvalue weighted by Crippen LogP contribution is -2.18. The number of alkyl halides is 1. The van der Waals surface area contributed by atoms with E-state index in [1.54, 1.807) is 17.1 Å². The van der Waals surface area contributed by atoms with Gasteiger partial charge in [0.25, 0.3) is 0 Å². The van der Waals surface area contributed by atoms with Crippen LogP contribution >= 0.6 is 0 Å². The Balaban J connectivity index is 1.40. The Morgan fingerprint density at radius 2 is 2.00 bits per heavy atom. The standard InChI is InChI=1S/C26H23FN10/c1-15-3-7-24(34-33-15)31-18-4-6-23-22(11-18)30-14-36(23)25-8-5-20(21-10-17(27)13-29-21)26(32-25)37-16(2)9-19(12-28)35-37/h3-9,11,14,17,21,29H,10,13H2,1-2H3,(H,31,34)/t17-,21+/m1/s1. The van der Waals surface area contributed by atoms with Gasteiger partial charge in [-0.05, 0) is 68.8 Å². The highest BCUT2D eigenvalue weighted by atomic mass is 19.1. The molecule has 6 rings (SSSR count). The molecule has 0 radical (unpaired) electrons. The summed E-state index contributed by atoms with van der Waals surface area (Å²) in [6.07, 6.45) is 1.15. The summed E-state index contributed by atoms with van der Waals surface area (Å²) >= 11 is 0. The van der Waals surface area contributed by atoms with E-state index in [1.165, 1.54) is 0 Å². The van der Waals surface area contributed by atoms with E-state index in [-0.39, 0.29) is 6.04 Å². The van der Waals surface area contributed by atoms with Gasteiger partial charge in [-0.1, -0.05) is 0 Å². The average molecular weight is 495 g/mol. The lowest BCUT2D eigenvalue weighted by Gasteiger charge is -2.17. The van der Waals surface area contributed by atoms with Crippen LogP contribution in [0.25, 0.3) is 22.7 Å². The number of rotatable bonds is 5. The molecule has 37 heavy (non-hydrogen) atoms. The van der Waals surface area contributed by atoms with Gasteiger partial charge in [0.15, 0.2) is 17.3 Å². The van der Waals surface area contributed by atoms with Crippen LogP contribution in [0.15, 0.2) is 54.9 Å². The average Bonchev–Trinajstić information content (AvgIpc) is 3.63. The molecule has 1 fully saturated rings. The van der Waals surface area contributed by atoms with Gasteiger partial charge in [0.1, 0.15) is 24.4 Å². The van der Waals surface area contributed by atoms with E-state index in [0.29, 0.717) is 36.1 Å². The first-order chi connectivity index (χ1) is 18.0. The molecule has 0 amide bonds. The van der Waals surface area contributed by atoms with Crippen molar-refractivity contribution in [2.24, 2.45) is 0 Å². The van der Waals surface area contributed by atoms with Crippen molar-refractivity contribution in [3.05, 3.63) is 77.5 Å². The van der Waals surface area contributed by atoms with Crippen LogP contribution in [0.2, 0.25) is 0 Å². The van der Waals surface area contributed by atoms with Crippen molar-refractivity contribution in [1.82, 2.24) is 39.8 Å². The van der Waals surface area contributed by atoms with E-state index in [1.807, 2.05) is 60.9 Å². The molecule has 1 aliphatic heterocycles. The Bertz CT molecular complexity index is 1650. The second-order valence-electron chi connectivity index (χ2n) is 9.07. The van der Waals surface area contributed by atoms with Gasteiger partial charge < -0.3 is 10.6 Å². The largest absolute Gasteiger partial charge is 0.339 e. The molecule has 11 heteroatoms. The number of aryl methyl sites for hydroxylation is 2. The fourth-order valence-electron chi connectivity index (χ4n) is 4.58. The number of halogens is 1. The molecular weight excluding hydrogens is 471 g/mol. The molecular formula is C26H23FN10. The number of hydrogen-bond donors (Lipinski definition) is 2. The zero-order chi connectivity index (χ0) is 25.5. The quantitative estimate of drug-likeness (QED) is 0.376. The molecule has 0 spiro atoms. The number of benzene rings is 1. The second kappa shape index (κ2) is 9.07. The molecule has 4 aromatic heterocycles. The molecule has 0 aliphatic carbocycles. The van der Waals surface area contributed by atoms with Crippen molar-refractivity contribution in [3.8, 4) is 17.7 Å². The predicted octanol–water partition coefficient (Wildman–Crippen LogP) is 4.00. The van der Waals surface area contributed by atoms with Crippen LogP contribution in [-0.2, 0) is 0 Å². The van der Waals surface area contributed by atoms with Gasteiger partial charge in [-0.3, -0.25) is 4.57 Å². The van der Waals surface area contributed by atoms with Crippen molar-refractivity contribution in [2.45, 2.75) is 32.5 Å². The summed E-state index contributed by atoms with van der Waals surface area (Å²) in [6, 6.07) is 17.0. The van der Waals surface area contributed by atoms with Gasteiger partial charge in [-0.15, -0.1) is 5.10 Å². The van der Waals surface area contributed by atoms with Crippen LogP contribution in [0.4, 0.5) is 15.9 Å². The summed E-state index contributed by atoms with van der Waals surface area (Å²) in [5.41, 5.74) is 5.22. The highest BCUT2D eigenvalue weighted by Gasteiger charge is 2.28. The monoisotopic (exact) mass is 494 g/mol. The van der Waals surface area contributed by atoms with E-state index in [4.69, 9.17) is 4.98 Å². The molecule has 1 aromatic carbocycles. The minimum Gasteiger partial charge on any atom is -0.339 e. The van der Waals surface area contributed by atoms with Crippen molar-refractivity contribution >= 4 is 22.5 Å². The van der Waals surface area contributed by atoms with Gasteiger partial charge >= 0.3 is 0 Å². The lowest BCUT2D eigenvalue weighted by molar-refractivity contribution is 0.356. The first kappa shape index (κ1) is 22.8. The van der Waals surface area contributed by atoms with Gasteiger partial charge in [-0.25, -0.2) is 19.0 Å². The van der Waals surface area contributed by atoms with Crippen molar-refractivity contribution in [3.63, 3.8) is 0 Å². The third-order valence-electron chi connectivity index (χ3n) is 6.41. The third kappa shape index (κ3) is 4.28. The first-order valence-corrected chi connectivity index (χ1v) is 11.9. The maximum Gasteiger partial charge on any atom is 0.163 e. The molecule has 0 unspecified atom stereocenters. The molecule has 0 saturated carbocycles. The minimum atomic E-state index is -0.919. The van der Waals surface area contributed by atoms with Gasteiger partial charge in [0.2, 0.25) is 0 Å². The molecule has 2 N–H and O–H groups in total. The fraction of sp³-hybridized carbons (Fsp3) is 0.231. The maximum atomic E-state index is 14.0. The molecule has 0 bridgehead atoms. The number of pyridine rings is 1. The molecule has 10 nitrogen and oxygen atoms in total. The molecule has 5 aromatic rings. The zero-order valence-corrected chi connectivity index (χ0v) is 20.2.